The number of urea groups is 1. The number of carbonyl (C=O) groups excluding carboxylic acids is 2. The van der Waals surface area contributed by atoms with E-state index in [1.807, 2.05) is 0 Å². The molecule has 1 aliphatic heterocycles. The van der Waals surface area contributed by atoms with Crippen molar-refractivity contribution in [2.75, 3.05) is 6.54 Å². The van der Waals surface area contributed by atoms with E-state index in [-0.39, 0.29) is 18.0 Å². The highest BCUT2D eigenvalue weighted by Crippen LogP contribution is 2.34. The first-order valence-electron chi connectivity index (χ1n) is 5.57. The van der Waals surface area contributed by atoms with Crippen LogP contribution in [0.4, 0.5) is 4.79 Å². The zero-order valence-electron chi connectivity index (χ0n) is 10.2. The fourth-order valence-electron chi connectivity index (χ4n) is 1.70. The van der Waals surface area contributed by atoms with Gasteiger partial charge in [-0.05, 0) is 55.6 Å². The Morgan fingerprint density at radius 1 is 1.30 bits per heavy atom. The molecule has 1 fully saturated rings. The van der Waals surface area contributed by atoms with Gasteiger partial charge in [-0.2, -0.15) is 0 Å². The Labute approximate surface area is 132 Å². The lowest BCUT2D eigenvalue weighted by atomic mass is 10.2. The van der Waals surface area contributed by atoms with Crippen LogP contribution in [0.2, 0.25) is 0 Å². The topological polar surface area (TPSA) is 69.6 Å². The molecule has 2 N–H and O–H groups in total. The number of hydrogen-bond acceptors (Lipinski definition) is 3. The summed E-state index contributed by atoms with van der Waals surface area (Å²) in [7, 11) is 0. The molecule has 2 rings (SSSR count). The number of amides is 3. The molecule has 1 aliphatic rings. The largest absolute Gasteiger partial charge is 0.506 e. The summed E-state index contributed by atoms with van der Waals surface area (Å²) in [6, 6.07) is 2.81. The van der Waals surface area contributed by atoms with Crippen molar-refractivity contribution >= 4 is 49.9 Å². The molecule has 0 aliphatic carbocycles. The van der Waals surface area contributed by atoms with Crippen molar-refractivity contribution in [3.05, 3.63) is 45.0 Å². The predicted octanol–water partition coefficient (Wildman–Crippen LogP) is 3.00. The maximum Gasteiger partial charge on any atom is 0.329 e. The number of nitrogens with one attached hydrogen (secondary N) is 1. The minimum absolute atomic E-state index is 0.0715. The van der Waals surface area contributed by atoms with Crippen LogP contribution in [-0.4, -0.2) is 28.5 Å². The zero-order chi connectivity index (χ0) is 14.9. The standard InChI is InChI=1S/C13H10Br2N2O3/c1-2-3-17-12(19)10(16-13(17)20)6-7-4-8(14)11(18)9(15)5-7/h2,4-6,18H,1,3H2,(H,16,20)/b10-6-. The zero-order valence-corrected chi connectivity index (χ0v) is 13.4. The third-order valence-corrected chi connectivity index (χ3v) is 3.83. The molecule has 1 aromatic carbocycles. The highest BCUT2D eigenvalue weighted by molar-refractivity contribution is 9.11. The summed E-state index contributed by atoms with van der Waals surface area (Å²) in [4.78, 5) is 24.7. The van der Waals surface area contributed by atoms with E-state index in [4.69, 9.17) is 0 Å². The summed E-state index contributed by atoms with van der Waals surface area (Å²) in [6.45, 7) is 3.66. The number of rotatable bonds is 3. The molecular formula is C13H10Br2N2O3. The molecule has 104 valence electrons. The van der Waals surface area contributed by atoms with E-state index in [0.29, 0.717) is 14.5 Å². The Bertz CT molecular complexity index is 617. The Kier molecular flexibility index (Phi) is 4.29. The van der Waals surface area contributed by atoms with Crippen LogP contribution >= 0.6 is 31.9 Å². The number of benzene rings is 1. The van der Waals surface area contributed by atoms with Gasteiger partial charge in [0.05, 0.1) is 8.95 Å². The van der Waals surface area contributed by atoms with Gasteiger partial charge < -0.3 is 10.4 Å². The molecule has 5 nitrogen and oxygen atoms in total. The van der Waals surface area contributed by atoms with E-state index in [1.165, 1.54) is 12.2 Å². The quantitative estimate of drug-likeness (QED) is 0.464. The van der Waals surface area contributed by atoms with Gasteiger partial charge >= 0.3 is 6.03 Å². The summed E-state index contributed by atoms with van der Waals surface area (Å²) < 4.78 is 0.969. The van der Waals surface area contributed by atoms with Crippen molar-refractivity contribution in [3.63, 3.8) is 0 Å². The highest BCUT2D eigenvalue weighted by Gasteiger charge is 2.32. The Balaban J connectivity index is 2.35. The van der Waals surface area contributed by atoms with E-state index in [2.05, 4.69) is 43.8 Å². The first kappa shape index (κ1) is 14.8. The monoisotopic (exact) mass is 400 g/mol. The van der Waals surface area contributed by atoms with E-state index in [9.17, 15) is 14.7 Å². The summed E-state index contributed by atoms with van der Waals surface area (Å²) in [5, 5.41) is 12.1. The van der Waals surface area contributed by atoms with Crippen molar-refractivity contribution in [2.45, 2.75) is 0 Å². The Morgan fingerprint density at radius 3 is 2.45 bits per heavy atom. The number of phenolic OH excluding ortho intramolecular Hbond substituents is 1. The number of nitrogens with zero attached hydrogens (tertiary/aromatic N) is 1. The van der Waals surface area contributed by atoms with E-state index in [1.54, 1.807) is 12.1 Å². The molecule has 1 saturated heterocycles. The summed E-state index contributed by atoms with van der Waals surface area (Å²) >= 11 is 6.41. The average molecular weight is 402 g/mol. The molecule has 7 heteroatoms. The lowest BCUT2D eigenvalue weighted by molar-refractivity contribution is -0.122. The third-order valence-electron chi connectivity index (χ3n) is 2.62. The molecule has 0 aromatic heterocycles. The van der Waals surface area contributed by atoms with Crippen LogP contribution in [0, 0.1) is 0 Å². The summed E-state index contributed by atoms with van der Waals surface area (Å²) in [5.74, 6) is -0.336. The fourth-order valence-corrected chi connectivity index (χ4v) is 2.92. The molecule has 0 atom stereocenters. The molecule has 0 bridgehead atoms. The number of imide groups is 1. The highest BCUT2D eigenvalue weighted by atomic mass is 79.9. The number of phenols is 1. The van der Waals surface area contributed by atoms with Crippen LogP contribution in [0.5, 0.6) is 5.75 Å². The SMILES string of the molecule is C=CCN1C(=O)N/C(=C\c2cc(Br)c(O)c(Br)c2)C1=O. The van der Waals surface area contributed by atoms with Gasteiger partial charge in [0.15, 0.2) is 0 Å². The van der Waals surface area contributed by atoms with Crippen molar-refractivity contribution in [1.82, 2.24) is 10.2 Å². The molecule has 3 amide bonds. The molecule has 0 spiro atoms. The lowest BCUT2D eigenvalue weighted by Crippen LogP contribution is -2.30. The van der Waals surface area contributed by atoms with Gasteiger partial charge in [-0.3, -0.25) is 9.69 Å². The lowest BCUT2D eigenvalue weighted by Gasteiger charge is -2.07. The van der Waals surface area contributed by atoms with Crippen molar-refractivity contribution < 1.29 is 14.7 Å². The number of halogens is 2. The second kappa shape index (κ2) is 5.80. The van der Waals surface area contributed by atoms with Crippen LogP contribution in [0.1, 0.15) is 5.56 Å². The van der Waals surface area contributed by atoms with Crippen molar-refractivity contribution in [1.29, 1.82) is 0 Å². The smallest absolute Gasteiger partial charge is 0.329 e. The normalized spacial score (nSPS) is 16.7. The molecule has 0 unspecified atom stereocenters. The number of carbonyl (C=O) groups is 2. The van der Waals surface area contributed by atoms with E-state index >= 15 is 0 Å². The minimum Gasteiger partial charge on any atom is -0.506 e. The van der Waals surface area contributed by atoms with Crippen molar-refractivity contribution in [2.24, 2.45) is 0 Å². The first-order valence-corrected chi connectivity index (χ1v) is 7.16. The van der Waals surface area contributed by atoms with Gasteiger partial charge in [0, 0.05) is 6.54 Å². The maximum atomic E-state index is 12.0. The summed E-state index contributed by atoms with van der Waals surface area (Å²) in [5.41, 5.74) is 0.840. The second-order valence-electron chi connectivity index (χ2n) is 4.03. The average Bonchev–Trinajstić information content (AvgIpc) is 2.64. The van der Waals surface area contributed by atoms with Crippen LogP contribution in [0.3, 0.4) is 0 Å². The number of aromatic hydroxyl groups is 1. The van der Waals surface area contributed by atoms with Crippen LogP contribution in [0.15, 0.2) is 39.4 Å². The van der Waals surface area contributed by atoms with Gasteiger partial charge in [0.25, 0.3) is 5.91 Å². The molecule has 20 heavy (non-hydrogen) atoms. The van der Waals surface area contributed by atoms with Gasteiger partial charge in [0.2, 0.25) is 0 Å². The Morgan fingerprint density at radius 2 is 1.90 bits per heavy atom. The fraction of sp³-hybridized carbons (Fsp3) is 0.0769. The molecule has 1 aromatic rings. The van der Waals surface area contributed by atoms with E-state index in [0.717, 1.165) is 4.90 Å². The van der Waals surface area contributed by atoms with Crippen LogP contribution < -0.4 is 5.32 Å². The van der Waals surface area contributed by atoms with Gasteiger partial charge in [0.1, 0.15) is 11.4 Å². The number of hydrogen-bond donors (Lipinski definition) is 2. The van der Waals surface area contributed by atoms with Crippen LogP contribution in [0.25, 0.3) is 6.08 Å². The minimum atomic E-state index is -0.474. The Hall–Kier alpha value is -1.60. The van der Waals surface area contributed by atoms with E-state index < -0.39 is 11.9 Å². The molecule has 0 radical (unpaired) electrons. The maximum absolute atomic E-state index is 12.0. The molecular weight excluding hydrogens is 392 g/mol. The van der Waals surface area contributed by atoms with Gasteiger partial charge in [-0.15, -0.1) is 6.58 Å². The summed E-state index contributed by atoms with van der Waals surface area (Å²) in [6.07, 6.45) is 3.02. The van der Waals surface area contributed by atoms with Crippen LogP contribution in [-0.2, 0) is 4.79 Å². The third kappa shape index (κ3) is 2.78. The predicted molar refractivity (Wildman–Crippen MR) is 81.9 cm³/mol. The first-order chi connectivity index (χ1) is 9.43. The van der Waals surface area contributed by atoms with Gasteiger partial charge in [-0.1, -0.05) is 6.08 Å². The second-order valence-corrected chi connectivity index (χ2v) is 5.73. The van der Waals surface area contributed by atoms with Crippen molar-refractivity contribution in [3.8, 4) is 5.75 Å². The van der Waals surface area contributed by atoms with Gasteiger partial charge in [-0.25, -0.2) is 4.79 Å². The molecule has 0 saturated carbocycles. The molecule has 1 heterocycles.